The summed E-state index contributed by atoms with van der Waals surface area (Å²) in [5.41, 5.74) is 0.693. The van der Waals surface area contributed by atoms with Crippen molar-refractivity contribution in [2.75, 3.05) is 7.11 Å². The number of ether oxygens (including phenoxy) is 1. The van der Waals surface area contributed by atoms with E-state index in [2.05, 4.69) is 10.1 Å². The summed E-state index contributed by atoms with van der Waals surface area (Å²) in [6.45, 7) is 1.23. The molecule has 1 rings (SSSR count). The van der Waals surface area contributed by atoms with E-state index in [0.717, 1.165) is 0 Å². The molecule has 1 amide bonds. The highest BCUT2D eigenvalue weighted by Gasteiger charge is 2.20. The maximum Gasteiger partial charge on any atom is 0.337 e. The maximum absolute atomic E-state index is 11.2. The summed E-state index contributed by atoms with van der Waals surface area (Å²) in [6, 6.07) is 4.67. The number of carboxylic acid groups (broad SMARTS) is 1. The number of methoxy groups -OCH3 is 1. The van der Waals surface area contributed by atoms with E-state index in [1.807, 2.05) is 0 Å². The molecular weight excluding hydrogens is 238 g/mol. The minimum atomic E-state index is -1.17. The summed E-state index contributed by atoms with van der Waals surface area (Å²) >= 11 is 0. The van der Waals surface area contributed by atoms with Crippen LogP contribution in [0.15, 0.2) is 24.3 Å². The number of rotatable bonds is 4. The standard InChI is InChI=1S/C12H13NO5/c1-7(14)13-10(11(15)16)8-3-5-9(6-4-8)12(17)18-2/h3-6,10H,1-2H3,(H,13,14)(H,15,16). The van der Waals surface area contributed by atoms with Gasteiger partial charge in [0.25, 0.3) is 0 Å². The van der Waals surface area contributed by atoms with E-state index in [0.29, 0.717) is 11.1 Å². The van der Waals surface area contributed by atoms with Gasteiger partial charge in [0.05, 0.1) is 12.7 Å². The zero-order valence-electron chi connectivity index (χ0n) is 9.97. The number of esters is 1. The van der Waals surface area contributed by atoms with Gasteiger partial charge < -0.3 is 15.2 Å². The van der Waals surface area contributed by atoms with Gasteiger partial charge in [-0.3, -0.25) is 4.79 Å². The lowest BCUT2D eigenvalue weighted by atomic mass is 10.0. The van der Waals surface area contributed by atoms with E-state index in [1.54, 1.807) is 0 Å². The zero-order chi connectivity index (χ0) is 13.7. The predicted octanol–water partition coefficient (Wildman–Crippen LogP) is 0.735. The Bertz CT molecular complexity index is 466. The second-order valence-corrected chi connectivity index (χ2v) is 3.59. The van der Waals surface area contributed by atoms with Crippen LogP contribution in [0.5, 0.6) is 0 Å². The van der Waals surface area contributed by atoms with Gasteiger partial charge in [0.15, 0.2) is 6.04 Å². The number of carbonyl (C=O) groups is 3. The molecule has 0 aliphatic heterocycles. The van der Waals surface area contributed by atoms with Gasteiger partial charge in [0, 0.05) is 6.92 Å². The number of carbonyl (C=O) groups excluding carboxylic acids is 2. The van der Waals surface area contributed by atoms with E-state index in [-0.39, 0.29) is 0 Å². The maximum atomic E-state index is 11.2. The number of aliphatic carboxylic acids is 1. The molecule has 0 aromatic heterocycles. The Balaban J connectivity index is 2.97. The number of carboxylic acids is 1. The van der Waals surface area contributed by atoms with Crippen molar-refractivity contribution in [3.63, 3.8) is 0 Å². The summed E-state index contributed by atoms with van der Waals surface area (Å²) in [5, 5.41) is 11.3. The lowest BCUT2D eigenvalue weighted by Crippen LogP contribution is -2.31. The normalized spacial score (nSPS) is 11.4. The van der Waals surface area contributed by atoms with Gasteiger partial charge in [-0.2, -0.15) is 0 Å². The first-order valence-corrected chi connectivity index (χ1v) is 5.14. The van der Waals surface area contributed by atoms with E-state index in [4.69, 9.17) is 5.11 Å². The average molecular weight is 251 g/mol. The Hall–Kier alpha value is -2.37. The molecule has 0 heterocycles. The first-order valence-electron chi connectivity index (χ1n) is 5.14. The summed E-state index contributed by atoms with van der Waals surface area (Å²) in [7, 11) is 1.26. The third-order valence-electron chi connectivity index (χ3n) is 2.26. The Morgan fingerprint density at radius 3 is 2.17 bits per heavy atom. The molecule has 6 heteroatoms. The summed E-state index contributed by atoms with van der Waals surface area (Å²) in [5.74, 6) is -2.12. The molecule has 1 unspecified atom stereocenters. The quantitative estimate of drug-likeness (QED) is 0.770. The van der Waals surface area contributed by atoms with Gasteiger partial charge in [-0.05, 0) is 17.7 Å². The minimum Gasteiger partial charge on any atom is -0.479 e. The molecule has 0 saturated carbocycles. The summed E-state index contributed by atoms with van der Waals surface area (Å²) in [6.07, 6.45) is 0. The Kier molecular flexibility index (Phi) is 4.42. The minimum absolute atomic E-state index is 0.313. The third-order valence-corrected chi connectivity index (χ3v) is 2.26. The molecule has 1 aromatic carbocycles. The van der Waals surface area contributed by atoms with E-state index < -0.39 is 23.9 Å². The first kappa shape index (κ1) is 13.7. The Labute approximate surface area is 104 Å². The number of hydrogen-bond donors (Lipinski definition) is 2. The lowest BCUT2D eigenvalue weighted by molar-refractivity contribution is -0.141. The predicted molar refractivity (Wildman–Crippen MR) is 62.0 cm³/mol. The van der Waals surface area contributed by atoms with Gasteiger partial charge in [-0.15, -0.1) is 0 Å². The fourth-order valence-corrected chi connectivity index (χ4v) is 1.42. The fourth-order valence-electron chi connectivity index (χ4n) is 1.42. The van der Waals surface area contributed by atoms with Crippen LogP contribution >= 0.6 is 0 Å². The molecule has 2 N–H and O–H groups in total. The van der Waals surface area contributed by atoms with Crippen LogP contribution in [0.3, 0.4) is 0 Å². The monoisotopic (exact) mass is 251 g/mol. The van der Waals surface area contributed by atoms with Crippen molar-refractivity contribution in [3.8, 4) is 0 Å². The second kappa shape index (κ2) is 5.81. The molecule has 0 fully saturated rings. The Morgan fingerprint density at radius 1 is 1.22 bits per heavy atom. The van der Waals surface area contributed by atoms with Crippen molar-refractivity contribution in [1.29, 1.82) is 0 Å². The van der Waals surface area contributed by atoms with Crippen LogP contribution in [0.4, 0.5) is 0 Å². The SMILES string of the molecule is COC(=O)c1ccc(C(NC(C)=O)C(=O)O)cc1. The zero-order valence-corrected chi connectivity index (χ0v) is 9.97. The topological polar surface area (TPSA) is 92.7 Å². The van der Waals surface area contributed by atoms with Gasteiger partial charge in [-0.1, -0.05) is 12.1 Å². The van der Waals surface area contributed by atoms with E-state index in [9.17, 15) is 14.4 Å². The highest BCUT2D eigenvalue weighted by molar-refractivity contribution is 5.89. The average Bonchev–Trinajstić information content (AvgIpc) is 2.34. The van der Waals surface area contributed by atoms with Gasteiger partial charge in [0.2, 0.25) is 5.91 Å². The molecule has 18 heavy (non-hydrogen) atoms. The fraction of sp³-hybridized carbons (Fsp3) is 0.250. The van der Waals surface area contributed by atoms with Crippen LogP contribution < -0.4 is 5.32 Å². The van der Waals surface area contributed by atoms with Gasteiger partial charge >= 0.3 is 11.9 Å². The molecule has 96 valence electrons. The van der Waals surface area contributed by atoms with Crippen LogP contribution in [0.1, 0.15) is 28.9 Å². The largest absolute Gasteiger partial charge is 0.479 e. The molecule has 0 aliphatic carbocycles. The molecular formula is C12H13NO5. The highest BCUT2D eigenvalue weighted by Crippen LogP contribution is 2.15. The molecule has 0 spiro atoms. The van der Waals surface area contributed by atoms with Crippen molar-refractivity contribution in [2.24, 2.45) is 0 Å². The van der Waals surface area contributed by atoms with Crippen LogP contribution in [0.2, 0.25) is 0 Å². The van der Waals surface area contributed by atoms with Crippen molar-refractivity contribution in [1.82, 2.24) is 5.32 Å². The highest BCUT2D eigenvalue weighted by atomic mass is 16.5. The van der Waals surface area contributed by atoms with Crippen molar-refractivity contribution >= 4 is 17.8 Å². The summed E-state index contributed by atoms with van der Waals surface area (Å²) in [4.78, 5) is 33.1. The summed E-state index contributed by atoms with van der Waals surface area (Å²) < 4.78 is 4.52. The molecule has 0 bridgehead atoms. The smallest absolute Gasteiger partial charge is 0.337 e. The molecule has 0 saturated heterocycles. The van der Waals surface area contributed by atoms with E-state index >= 15 is 0 Å². The van der Waals surface area contributed by atoms with Crippen molar-refractivity contribution in [2.45, 2.75) is 13.0 Å². The second-order valence-electron chi connectivity index (χ2n) is 3.59. The van der Waals surface area contributed by atoms with Crippen LogP contribution in [-0.4, -0.2) is 30.1 Å². The van der Waals surface area contributed by atoms with Gasteiger partial charge in [-0.25, -0.2) is 9.59 Å². The van der Waals surface area contributed by atoms with E-state index in [1.165, 1.54) is 38.3 Å². The van der Waals surface area contributed by atoms with Crippen LogP contribution in [-0.2, 0) is 14.3 Å². The molecule has 6 nitrogen and oxygen atoms in total. The number of benzene rings is 1. The van der Waals surface area contributed by atoms with Gasteiger partial charge in [0.1, 0.15) is 0 Å². The molecule has 1 aromatic rings. The third kappa shape index (κ3) is 3.31. The molecule has 0 aliphatic rings. The van der Waals surface area contributed by atoms with Crippen LogP contribution in [0, 0.1) is 0 Å². The number of amides is 1. The molecule has 1 atom stereocenters. The Morgan fingerprint density at radius 2 is 1.78 bits per heavy atom. The van der Waals surface area contributed by atoms with Crippen LogP contribution in [0.25, 0.3) is 0 Å². The first-order chi connectivity index (χ1) is 8.45. The lowest BCUT2D eigenvalue weighted by Gasteiger charge is -2.13. The number of nitrogens with one attached hydrogen (secondary N) is 1. The van der Waals surface area contributed by atoms with Crippen molar-refractivity contribution in [3.05, 3.63) is 35.4 Å². The molecule has 0 radical (unpaired) electrons. The van der Waals surface area contributed by atoms with Crippen molar-refractivity contribution < 1.29 is 24.2 Å². The number of hydrogen-bond acceptors (Lipinski definition) is 4.